The predicted molar refractivity (Wildman–Crippen MR) is 131 cm³/mol. The summed E-state index contributed by atoms with van der Waals surface area (Å²) in [5.74, 6) is 1.34. The lowest BCUT2D eigenvalue weighted by Crippen LogP contribution is -2.42. The van der Waals surface area contributed by atoms with Gasteiger partial charge >= 0.3 is 0 Å². The summed E-state index contributed by atoms with van der Waals surface area (Å²) >= 11 is 0. The third kappa shape index (κ3) is 7.70. The minimum absolute atomic E-state index is 0.653. The Hall–Kier alpha value is -1.72. The van der Waals surface area contributed by atoms with Gasteiger partial charge in [0.25, 0.3) is 0 Å². The van der Waals surface area contributed by atoms with Crippen LogP contribution in [0.5, 0.6) is 0 Å². The van der Waals surface area contributed by atoms with E-state index in [-0.39, 0.29) is 0 Å². The van der Waals surface area contributed by atoms with Crippen LogP contribution < -0.4 is 0 Å². The Morgan fingerprint density at radius 1 is 0.625 bits per heavy atom. The molecule has 0 unspecified atom stereocenters. The van der Waals surface area contributed by atoms with Crippen molar-refractivity contribution < 1.29 is 9.47 Å². The van der Waals surface area contributed by atoms with Crippen molar-refractivity contribution >= 4 is 0 Å². The largest absolute Gasteiger partial charge is 0.379 e. The van der Waals surface area contributed by atoms with Crippen LogP contribution in [0.1, 0.15) is 24.0 Å². The van der Waals surface area contributed by atoms with Gasteiger partial charge in [0.1, 0.15) is 0 Å². The molecule has 4 nitrogen and oxygen atoms in total. The number of hydrogen-bond acceptors (Lipinski definition) is 4. The molecule has 2 aromatic rings. The van der Waals surface area contributed by atoms with E-state index >= 15 is 0 Å². The van der Waals surface area contributed by atoms with Crippen molar-refractivity contribution in [1.29, 1.82) is 0 Å². The molecular formula is C28H40N2O2. The Morgan fingerprint density at radius 3 is 1.69 bits per heavy atom. The molecule has 32 heavy (non-hydrogen) atoms. The quantitative estimate of drug-likeness (QED) is 0.528. The number of morpholine rings is 2. The van der Waals surface area contributed by atoms with Gasteiger partial charge in [-0.1, -0.05) is 60.7 Å². The average Bonchev–Trinajstić information content (AvgIpc) is 2.86. The van der Waals surface area contributed by atoms with E-state index < -0.39 is 0 Å². The first-order chi connectivity index (χ1) is 15.9. The zero-order valence-electron chi connectivity index (χ0n) is 19.5. The molecule has 2 aliphatic heterocycles. The Bertz CT molecular complexity index is 743. The predicted octanol–water partition coefficient (Wildman–Crippen LogP) is 4.15. The van der Waals surface area contributed by atoms with E-state index in [4.69, 9.17) is 9.47 Å². The Kier molecular flexibility index (Phi) is 9.59. The first-order valence-corrected chi connectivity index (χ1v) is 12.5. The first kappa shape index (κ1) is 23.4. The van der Waals surface area contributed by atoms with Crippen LogP contribution in [0.3, 0.4) is 0 Å². The highest BCUT2D eigenvalue weighted by atomic mass is 16.5. The second-order valence-electron chi connectivity index (χ2n) is 9.41. The molecule has 0 radical (unpaired) electrons. The number of ether oxygens (including phenoxy) is 2. The molecule has 0 aliphatic carbocycles. The molecule has 2 aliphatic rings. The van der Waals surface area contributed by atoms with E-state index in [9.17, 15) is 0 Å². The highest BCUT2D eigenvalue weighted by Crippen LogP contribution is 2.28. The summed E-state index contributed by atoms with van der Waals surface area (Å²) in [5, 5.41) is 0. The molecule has 174 valence electrons. The summed E-state index contributed by atoms with van der Waals surface area (Å²) in [6.45, 7) is 10.2. The molecule has 0 N–H and O–H groups in total. The number of rotatable bonds is 11. The smallest absolute Gasteiger partial charge is 0.0594 e. The van der Waals surface area contributed by atoms with Gasteiger partial charge in [0.05, 0.1) is 26.4 Å². The lowest BCUT2D eigenvalue weighted by Gasteiger charge is -2.35. The first-order valence-electron chi connectivity index (χ1n) is 12.5. The van der Waals surface area contributed by atoms with Gasteiger partial charge in [-0.25, -0.2) is 0 Å². The maximum atomic E-state index is 5.63. The molecule has 0 spiro atoms. The van der Waals surface area contributed by atoms with Crippen molar-refractivity contribution in [2.75, 3.05) is 65.7 Å². The van der Waals surface area contributed by atoms with Crippen LogP contribution >= 0.6 is 0 Å². The number of benzene rings is 2. The molecule has 0 saturated carbocycles. The molecule has 2 fully saturated rings. The highest BCUT2D eigenvalue weighted by Gasteiger charge is 2.26. The highest BCUT2D eigenvalue weighted by molar-refractivity contribution is 5.18. The third-order valence-electron chi connectivity index (χ3n) is 7.10. The van der Waals surface area contributed by atoms with E-state index in [0.717, 1.165) is 59.0 Å². The number of nitrogens with zero attached hydrogens (tertiary/aromatic N) is 2. The van der Waals surface area contributed by atoms with Gasteiger partial charge in [-0.3, -0.25) is 9.80 Å². The summed E-state index contributed by atoms with van der Waals surface area (Å²) in [7, 11) is 0. The van der Waals surface area contributed by atoms with Crippen LogP contribution in [0, 0.1) is 11.8 Å². The van der Waals surface area contributed by atoms with Gasteiger partial charge < -0.3 is 9.47 Å². The fourth-order valence-corrected chi connectivity index (χ4v) is 5.24. The molecule has 4 heteroatoms. The molecule has 2 heterocycles. The van der Waals surface area contributed by atoms with Crippen molar-refractivity contribution in [3.8, 4) is 0 Å². The SMILES string of the molecule is c1ccc(C[C@@H](CCCN2CCOCC2)[C@@H](Cc2ccccc2)CN2CCOCC2)cc1. The van der Waals surface area contributed by atoms with E-state index in [1.54, 1.807) is 0 Å². The van der Waals surface area contributed by atoms with E-state index in [2.05, 4.69) is 70.5 Å². The Labute approximate surface area is 194 Å². The van der Waals surface area contributed by atoms with E-state index in [0.29, 0.717) is 11.8 Å². The van der Waals surface area contributed by atoms with Gasteiger partial charge in [-0.15, -0.1) is 0 Å². The summed E-state index contributed by atoms with van der Waals surface area (Å²) < 4.78 is 11.2. The zero-order valence-corrected chi connectivity index (χ0v) is 19.5. The number of hydrogen-bond donors (Lipinski definition) is 0. The summed E-state index contributed by atoms with van der Waals surface area (Å²) in [6, 6.07) is 22.2. The minimum Gasteiger partial charge on any atom is -0.379 e. The molecule has 0 aromatic heterocycles. The van der Waals surface area contributed by atoms with Crippen LogP contribution in [0.15, 0.2) is 60.7 Å². The molecule has 2 atom stereocenters. The fourth-order valence-electron chi connectivity index (χ4n) is 5.24. The monoisotopic (exact) mass is 436 g/mol. The normalized spacial score (nSPS) is 20.1. The van der Waals surface area contributed by atoms with Gasteiger partial charge in [0.15, 0.2) is 0 Å². The van der Waals surface area contributed by atoms with Gasteiger partial charge in [0.2, 0.25) is 0 Å². The molecule has 0 bridgehead atoms. The maximum absolute atomic E-state index is 5.63. The topological polar surface area (TPSA) is 24.9 Å². The van der Waals surface area contributed by atoms with Crippen molar-refractivity contribution in [3.63, 3.8) is 0 Å². The molecule has 2 saturated heterocycles. The standard InChI is InChI=1S/C28H40N2O2/c1-3-8-25(9-4-1)22-27(12-7-13-29-14-18-31-19-15-29)28(23-26-10-5-2-6-11-26)24-30-16-20-32-21-17-30/h1-6,8-11,27-28H,7,12-24H2/t27-,28+/m1/s1. The third-order valence-corrected chi connectivity index (χ3v) is 7.10. The molecule has 0 amide bonds. The molecule has 2 aromatic carbocycles. The second-order valence-corrected chi connectivity index (χ2v) is 9.41. The Morgan fingerprint density at radius 2 is 1.12 bits per heavy atom. The lowest BCUT2D eigenvalue weighted by molar-refractivity contribution is 0.0237. The van der Waals surface area contributed by atoms with Crippen LogP contribution in [0.2, 0.25) is 0 Å². The van der Waals surface area contributed by atoms with E-state index in [1.165, 1.54) is 43.5 Å². The van der Waals surface area contributed by atoms with E-state index in [1.807, 2.05) is 0 Å². The van der Waals surface area contributed by atoms with Crippen molar-refractivity contribution in [2.24, 2.45) is 11.8 Å². The molecular weight excluding hydrogens is 396 g/mol. The minimum atomic E-state index is 0.653. The van der Waals surface area contributed by atoms with Crippen LogP contribution in [-0.4, -0.2) is 75.5 Å². The van der Waals surface area contributed by atoms with Crippen LogP contribution in [-0.2, 0) is 22.3 Å². The van der Waals surface area contributed by atoms with Crippen molar-refractivity contribution in [3.05, 3.63) is 71.8 Å². The average molecular weight is 437 g/mol. The van der Waals surface area contributed by atoms with Crippen molar-refractivity contribution in [1.82, 2.24) is 9.80 Å². The van der Waals surface area contributed by atoms with Crippen LogP contribution in [0.4, 0.5) is 0 Å². The second kappa shape index (κ2) is 13.1. The Balaban J connectivity index is 1.46. The van der Waals surface area contributed by atoms with Crippen LogP contribution in [0.25, 0.3) is 0 Å². The summed E-state index contributed by atoms with van der Waals surface area (Å²) in [5.41, 5.74) is 2.95. The molecule has 4 rings (SSSR count). The summed E-state index contributed by atoms with van der Waals surface area (Å²) in [4.78, 5) is 5.22. The van der Waals surface area contributed by atoms with Gasteiger partial charge in [0, 0.05) is 32.7 Å². The van der Waals surface area contributed by atoms with Gasteiger partial charge in [-0.2, -0.15) is 0 Å². The zero-order chi connectivity index (χ0) is 21.8. The maximum Gasteiger partial charge on any atom is 0.0594 e. The summed E-state index contributed by atoms with van der Waals surface area (Å²) in [6.07, 6.45) is 4.89. The fraction of sp³-hybridized carbons (Fsp3) is 0.571. The van der Waals surface area contributed by atoms with Gasteiger partial charge in [-0.05, 0) is 55.2 Å². The lowest BCUT2D eigenvalue weighted by atomic mass is 9.79. The van der Waals surface area contributed by atoms with Crippen molar-refractivity contribution in [2.45, 2.75) is 25.7 Å².